The molecular weight excluding hydrogens is 158 g/mol. The van der Waals surface area contributed by atoms with Gasteiger partial charge in [0, 0.05) is 11.9 Å². The average Bonchev–Trinajstić information content (AvgIpc) is 2.48. The summed E-state index contributed by atoms with van der Waals surface area (Å²) in [6, 6.07) is 2.30. The van der Waals surface area contributed by atoms with E-state index >= 15 is 0 Å². The van der Waals surface area contributed by atoms with Crippen molar-refractivity contribution < 1.29 is 0 Å². The molecule has 13 heavy (non-hydrogen) atoms. The monoisotopic (exact) mass is 179 g/mol. The lowest BCUT2D eigenvalue weighted by Gasteiger charge is -2.01. The van der Waals surface area contributed by atoms with E-state index in [1.807, 2.05) is 0 Å². The Kier molecular flexibility index (Phi) is 3.58. The highest BCUT2D eigenvalue weighted by Gasteiger charge is 2.03. The van der Waals surface area contributed by atoms with E-state index in [1.165, 1.54) is 24.1 Å². The van der Waals surface area contributed by atoms with E-state index in [0.29, 0.717) is 5.92 Å². The highest BCUT2D eigenvalue weighted by Crippen LogP contribution is 2.16. The third kappa shape index (κ3) is 3.25. The van der Waals surface area contributed by atoms with Crippen molar-refractivity contribution in [3.63, 3.8) is 0 Å². The molecule has 1 aromatic rings. The van der Waals surface area contributed by atoms with Crippen LogP contribution in [0.2, 0.25) is 0 Å². The molecular formula is C12H21N. The van der Waals surface area contributed by atoms with Gasteiger partial charge in [-0.2, -0.15) is 0 Å². The largest absolute Gasteiger partial charge is 0.365 e. The minimum atomic E-state index is 0.643. The van der Waals surface area contributed by atoms with E-state index in [2.05, 4.69) is 44.9 Å². The quantitative estimate of drug-likeness (QED) is 0.725. The lowest BCUT2D eigenvalue weighted by Crippen LogP contribution is -1.91. The first-order valence-electron chi connectivity index (χ1n) is 5.26. The third-order valence-electron chi connectivity index (χ3n) is 2.42. The summed E-state index contributed by atoms with van der Waals surface area (Å²) in [4.78, 5) is 3.34. The van der Waals surface area contributed by atoms with E-state index in [0.717, 1.165) is 5.92 Å². The van der Waals surface area contributed by atoms with Gasteiger partial charge >= 0.3 is 0 Å². The van der Waals surface area contributed by atoms with Crippen molar-refractivity contribution in [2.45, 2.75) is 46.5 Å². The van der Waals surface area contributed by atoms with Gasteiger partial charge in [-0.1, -0.05) is 27.7 Å². The molecule has 0 atom stereocenters. The molecule has 1 heterocycles. The Hall–Kier alpha value is -0.720. The zero-order valence-corrected chi connectivity index (χ0v) is 9.22. The maximum atomic E-state index is 3.34. The van der Waals surface area contributed by atoms with Gasteiger partial charge in [0.05, 0.1) is 0 Å². The number of hydrogen-bond acceptors (Lipinski definition) is 0. The first-order chi connectivity index (χ1) is 6.09. The minimum absolute atomic E-state index is 0.643. The maximum absolute atomic E-state index is 3.34. The van der Waals surface area contributed by atoms with Crippen LogP contribution >= 0.6 is 0 Å². The zero-order chi connectivity index (χ0) is 9.84. The fourth-order valence-corrected chi connectivity index (χ4v) is 1.38. The van der Waals surface area contributed by atoms with Gasteiger partial charge in [0.25, 0.3) is 0 Å². The number of nitrogens with one attached hydrogen (secondary N) is 1. The van der Waals surface area contributed by atoms with Crippen LogP contribution in [0, 0.1) is 5.92 Å². The van der Waals surface area contributed by atoms with Crippen molar-refractivity contribution in [1.29, 1.82) is 0 Å². The van der Waals surface area contributed by atoms with Crippen LogP contribution < -0.4 is 0 Å². The lowest BCUT2D eigenvalue weighted by molar-refractivity contribution is 0.582. The molecule has 0 spiro atoms. The molecule has 0 saturated carbocycles. The second-order valence-corrected chi connectivity index (χ2v) is 4.55. The SMILES string of the molecule is CC(C)CCc1cc(C(C)C)c[nH]1. The molecule has 0 aromatic carbocycles. The van der Waals surface area contributed by atoms with Gasteiger partial charge in [-0.3, -0.25) is 0 Å². The molecule has 1 heteroatoms. The van der Waals surface area contributed by atoms with Crippen LogP contribution in [-0.2, 0) is 6.42 Å². The molecule has 0 bridgehead atoms. The number of hydrogen-bond donors (Lipinski definition) is 1. The summed E-state index contributed by atoms with van der Waals surface area (Å²) in [5, 5.41) is 0. The van der Waals surface area contributed by atoms with Crippen LogP contribution in [0.3, 0.4) is 0 Å². The lowest BCUT2D eigenvalue weighted by atomic mass is 10.0. The number of rotatable bonds is 4. The molecule has 74 valence electrons. The van der Waals surface area contributed by atoms with Crippen LogP contribution in [0.5, 0.6) is 0 Å². The Balaban J connectivity index is 2.49. The van der Waals surface area contributed by atoms with Crippen molar-refractivity contribution in [1.82, 2.24) is 4.98 Å². The van der Waals surface area contributed by atoms with Crippen LogP contribution in [0.4, 0.5) is 0 Å². The van der Waals surface area contributed by atoms with Gasteiger partial charge in [0.2, 0.25) is 0 Å². The van der Waals surface area contributed by atoms with Crippen LogP contribution in [0.25, 0.3) is 0 Å². The normalized spacial score (nSPS) is 11.5. The summed E-state index contributed by atoms with van der Waals surface area (Å²) < 4.78 is 0. The highest BCUT2D eigenvalue weighted by molar-refractivity contribution is 5.19. The maximum Gasteiger partial charge on any atom is 0.0150 e. The van der Waals surface area contributed by atoms with Gasteiger partial charge in [-0.15, -0.1) is 0 Å². The van der Waals surface area contributed by atoms with Crippen molar-refractivity contribution in [3.8, 4) is 0 Å². The fraction of sp³-hybridized carbons (Fsp3) is 0.667. The zero-order valence-electron chi connectivity index (χ0n) is 9.22. The molecule has 0 aliphatic heterocycles. The van der Waals surface area contributed by atoms with Gasteiger partial charge in [-0.05, 0) is 36.3 Å². The van der Waals surface area contributed by atoms with Gasteiger partial charge in [0.15, 0.2) is 0 Å². The van der Waals surface area contributed by atoms with Crippen LogP contribution in [-0.4, -0.2) is 4.98 Å². The molecule has 0 fully saturated rings. The molecule has 0 amide bonds. The van der Waals surface area contributed by atoms with Crippen molar-refractivity contribution in [2.24, 2.45) is 5.92 Å². The minimum Gasteiger partial charge on any atom is -0.365 e. The summed E-state index contributed by atoms with van der Waals surface area (Å²) in [5.74, 6) is 1.44. The molecule has 1 N–H and O–H groups in total. The highest BCUT2D eigenvalue weighted by atomic mass is 14.7. The summed E-state index contributed by atoms with van der Waals surface area (Å²) in [5.41, 5.74) is 2.82. The standard InChI is InChI=1S/C12H21N/c1-9(2)5-6-12-7-11(8-13-12)10(3)4/h7-10,13H,5-6H2,1-4H3. The molecule has 0 saturated heterocycles. The van der Waals surface area contributed by atoms with Gasteiger partial charge < -0.3 is 4.98 Å². The van der Waals surface area contributed by atoms with E-state index in [4.69, 9.17) is 0 Å². The molecule has 1 nitrogen and oxygen atoms in total. The predicted molar refractivity (Wildman–Crippen MR) is 58.0 cm³/mol. The number of aromatic nitrogens is 1. The number of aromatic amines is 1. The van der Waals surface area contributed by atoms with E-state index < -0.39 is 0 Å². The molecule has 0 radical (unpaired) electrons. The topological polar surface area (TPSA) is 15.8 Å². The van der Waals surface area contributed by atoms with E-state index in [-0.39, 0.29) is 0 Å². The molecule has 1 aromatic heterocycles. The smallest absolute Gasteiger partial charge is 0.0150 e. The van der Waals surface area contributed by atoms with Crippen molar-refractivity contribution in [2.75, 3.05) is 0 Å². The first kappa shape index (κ1) is 10.4. The van der Waals surface area contributed by atoms with Gasteiger partial charge in [0.1, 0.15) is 0 Å². The van der Waals surface area contributed by atoms with E-state index in [1.54, 1.807) is 0 Å². The number of H-pyrrole nitrogens is 1. The Morgan fingerprint density at radius 3 is 2.38 bits per heavy atom. The Morgan fingerprint density at radius 2 is 1.92 bits per heavy atom. The summed E-state index contributed by atoms with van der Waals surface area (Å²) in [6.45, 7) is 9.00. The second-order valence-electron chi connectivity index (χ2n) is 4.55. The Labute approximate surface area is 81.6 Å². The summed E-state index contributed by atoms with van der Waals surface area (Å²) in [6.07, 6.45) is 4.60. The van der Waals surface area contributed by atoms with Crippen molar-refractivity contribution in [3.05, 3.63) is 23.5 Å². The van der Waals surface area contributed by atoms with Crippen LogP contribution in [0.1, 0.15) is 51.3 Å². The molecule has 1 rings (SSSR count). The number of aryl methyl sites for hydroxylation is 1. The predicted octanol–water partition coefficient (Wildman–Crippen LogP) is 3.73. The summed E-state index contributed by atoms with van der Waals surface area (Å²) in [7, 11) is 0. The molecule has 0 aliphatic carbocycles. The summed E-state index contributed by atoms with van der Waals surface area (Å²) >= 11 is 0. The van der Waals surface area contributed by atoms with E-state index in [9.17, 15) is 0 Å². The Bertz CT molecular complexity index is 245. The molecule has 0 aliphatic rings. The second kappa shape index (κ2) is 4.50. The Morgan fingerprint density at radius 1 is 1.23 bits per heavy atom. The van der Waals surface area contributed by atoms with Gasteiger partial charge in [-0.25, -0.2) is 0 Å². The third-order valence-corrected chi connectivity index (χ3v) is 2.42. The van der Waals surface area contributed by atoms with Crippen LogP contribution in [0.15, 0.2) is 12.3 Å². The van der Waals surface area contributed by atoms with Crippen molar-refractivity contribution >= 4 is 0 Å². The first-order valence-corrected chi connectivity index (χ1v) is 5.26. The average molecular weight is 179 g/mol. The molecule has 0 unspecified atom stereocenters. The fourth-order valence-electron chi connectivity index (χ4n) is 1.38.